The van der Waals surface area contributed by atoms with Crippen molar-refractivity contribution in [1.29, 1.82) is 0 Å². The van der Waals surface area contributed by atoms with Crippen LogP contribution in [0.3, 0.4) is 0 Å². The standard InChI is InChI=1S/C16H18FIN4O2S/c1-11(18)21-16(10-12-3-2-4-13(17)9-12)22(19)14-5-7-15(8-6-14)25(20,23)24/h2-9,11H,10,19H2,1H3,(H2,20,23,24). The van der Waals surface area contributed by atoms with E-state index in [1.54, 1.807) is 24.3 Å². The van der Waals surface area contributed by atoms with Crippen LogP contribution in [-0.2, 0) is 16.4 Å². The fourth-order valence-corrected chi connectivity index (χ4v) is 3.01. The van der Waals surface area contributed by atoms with Gasteiger partial charge in [-0.3, -0.25) is 10.0 Å². The van der Waals surface area contributed by atoms with Crippen LogP contribution in [0.25, 0.3) is 0 Å². The van der Waals surface area contributed by atoms with E-state index in [-0.39, 0.29) is 14.8 Å². The molecule has 1 unspecified atom stereocenters. The van der Waals surface area contributed by atoms with Gasteiger partial charge in [0.25, 0.3) is 0 Å². The predicted octanol–water partition coefficient (Wildman–Crippen LogP) is 2.58. The fraction of sp³-hybridized carbons (Fsp3) is 0.188. The molecule has 0 amide bonds. The number of primary sulfonamides is 1. The van der Waals surface area contributed by atoms with Crippen molar-refractivity contribution in [3.05, 3.63) is 59.9 Å². The molecule has 0 radical (unpaired) electrons. The first-order valence-corrected chi connectivity index (χ1v) is 10.1. The first-order chi connectivity index (χ1) is 11.7. The van der Waals surface area contributed by atoms with Crippen molar-refractivity contribution in [2.45, 2.75) is 22.3 Å². The molecule has 0 aliphatic carbocycles. The molecule has 2 aromatic rings. The van der Waals surface area contributed by atoms with Gasteiger partial charge in [0, 0.05) is 6.42 Å². The van der Waals surface area contributed by atoms with E-state index in [4.69, 9.17) is 11.0 Å². The van der Waals surface area contributed by atoms with Gasteiger partial charge in [-0.15, -0.1) is 0 Å². The molecule has 25 heavy (non-hydrogen) atoms. The summed E-state index contributed by atoms with van der Waals surface area (Å²) in [4.78, 5) is 4.48. The molecule has 134 valence electrons. The van der Waals surface area contributed by atoms with Crippen LogP contribution in [0.1, 0.15) is 12.5 Å². The topological polar surface area (TPSA) is 102 Å². The van der Waals surface area contributed by atoms with Crippen molar-refractivity contribution in [1.82, 2.24) is 0 Å². The summed E-state index contributed by atoms with van der Waals surface area (Å²) in [6.07, 6.45) is 0.332. The minimum absolute atomic E-state index is 0.00414. The molecule has 0 saturated heterocycles. The smallest absolute Gasteiger partial charge is 0.238 e. The van der Waals surface area contributed by atoms with Crippen molar-refractivity contribution in [3.63, 3.8) is 0 Å². The molecule has 6 nitrogen and oxygen atoms in total. The van der Waals surface area contributed by atoms with Crippen molar-refractivity contribution in [2.24, 2.45) is 16.0 Å². The molecule has 1 atom stereocenters. The Morgan fingerprint density at radius 3 is 2.44 bits per heavy atom. The summed E-state index contributed by atoms with van der Waals surface area (Å²) < 4.78 is 36.0. The summed E-state index contributed by atoms with van der Waals surface area (Å²) in [6, 6.07) is 12.0. The minimum Gasteiger partial charge on any atom is -0.266 e. The Morgan fingerprint density at radius 2 is 1.92 bits per heavy atom. The van der Waals surface area contributed by atoms with Crippen molar-refractivity contribution >= 4 is 44.1 Å². The number of halogens is 2. The third-order valence-electron chi connectivity index (χ3n) is 3.30. The SMILES string of the molecule is CC(I)N=C(Cc1cccc(F)c1)N(N)c1ccc(S(N)(=O)=O)cc1. The zero-order valence-electron chi connectivity index (χ0n) is 13.4. The summed E-state index contributed by atoms with van der Waals surface area (Å²) in [5, 5.41) is 6.45. The van der Waals surface area contributed by atoms with Crippen LogP contribution in [0.2, 0.25) is 0 Å². The molecule has 9 heteroatoms. The van der Waals surface area contributed by atoms with Crippen LogP contribution in [0, 0.1) is 5.82 Å². The van der Waals surface area contributed by atoms with Crippen LogP contribution in [0.15, 0.2) is 58.4 Å². The van der Waals surface area contributed by atoms with Crippen LogP contribution >= 0.6 is 22.6 Å². The number of benzene rings is 2. The second-order valence-electron chi connectivity index (χ2n) is 5.33. The van der Waals surface area contributed by atoms with Gasteiger partial charge < -0.3 is 0 Å². The molecular weight excluding hydrogens is 458 g/mol. The molecule has 2 rings (SSSR count). The number of hydrogen-bond acceptors (Lipinski definition) is 4. The first kappa shape index (κ1) is 19.8. The molecule has 0 fully saturated rings. The zero-order chi connectivity index (χ0) is 18.6. The second-order valence-corrected chi connectivity index (χ2v) is 8.70. The van der Waals surface area contributed by atoms with Gasteiger partial charge >= 0.3 is 0 Å². The monoisotopic (exact) mass is 476 g/mol. The number of aliphatic imine (C=N–C) groups is 1. The lowest BCUT2D eigenvalue weighted by molar-refractivity contribution is 0.598. The summed E-state index contributed by atoms with van der Waals surface area (Å²) in [7, 11) is -3.77. The Kier molecular flexibility index (Phi) is 6.49. The first-order valence-electron chi connectivity index (χ1n) is 7.29. The van der Waals surface area contributed by atoms with Gasteiger partial charge in [0.15, 0.2) is 0 Å². The Bertz CT molecular complexity index is 870. The molecule has 0 aliphatic rings. The Balaban J connectivity index is 2.31. The molecule has 0 saturated carbocycles. The van der Waals surface area contributed by atoms with Gasteiger partial charge in [0.05, 0.1) is 10.6 Å². The third kappa shape index (κ3) is 5.73. The molecule has 2 aromatic carbocycles. The number of alkyl halides is 1. The summed E-state index contributed by atoms with van der Waals surface area (Å²) >= 11 is 2.14. The highest BCUT2D eigenvalue weighted by molar-refractivity contribution is 14.1. The summed E-state index contributed by atoms with van der Waals surface area (Å²) in [5.41, 5.74) is 1.27. The molecule has 0 aromatic heterocycles. The highest BCUT2D eigenvalue weighted by Gasteiger charge is 2.14. The second kappa shape index (κ2) is 8.21. The van der Waals surface area contributed by atoms with Crippen LogP contribution in [-0.4, -0.2) is 18.3 Å². The average Bonchev–Trinajstić information content (AvgIpc) is 2.52. The van der Waals surface area contributed by atoms with Crippen molar-refractivity contribution in [3.8, 4) is 0 Å². The lowest BCUT2D eigenvalue weighted by Crippen LogP contribution is -2.39. The number of amidine groups is 1. The summed E-state index contributed by atoms with van der Waals surface area (Å²) in [5.74, 6) is 6.35. The van der Waals surface area contributed by atoms with E-state index in [0.717, 1.165) is 5.56 Å². The fourth-order valence-electron chi connectivity index (χ4n) is 2.17. The lowest BCUT2D eigenvalue weighted by atomic mass is 10.1. The maximum absolute atomic E-state index is 13.4. The van der Waals surface area contributed by atoms with E-state index in [0.29, 0.717) is 17.9 Å². The van der Waals surface area contributed by atoms with E-state index in [2.05, 4.69) is 27.6 Å². The predicted molar refractivity (Wildman–Crippen MR) is 106 cm³/mol. The normalized spacial score (nSPS) is 13.6. The van der Waals surface area contributed by atoms with E-state index < -0.39 is 10.0 Å². The number of hydrogen-bond donors (Lipinski definition) is 2. The van der Waals surface area contributed by atoms with Gasteiger partial charge in [-0.2, -0.15) is 0 Å². The molecular formula is C16H18FIN4O2S. The van der Waals surface area contributed by atoms with E-state index in [1.807, 2.05) is 6.92 Å². The van der Waals surface area contributed by atoms with Crippen molar-refractivity contribution < 1.29 is 12.8 Å². The van der Waals surface area contributed by atoms with Crippen LogP contribution in [0.4, 0.5) is 10.1 Å². The Labute approximate surface area is 159 Å². The number of rotatable bonds is 5. The lowest BCUT2D eigenvalue weighted by Gasteiger charge is -2.22. The highest BCUT2D eigenvalue weighted by Crippen LogP contribution is 2.18. The number of sulfonamides is 1. The number of nitrogens with zero attached hydrogens (tertiary/aromatic N) is 2. The largest absolute Gasteiger partial charge is 0.266 e. The number of nitrogens with two attached hydrogens (primary N) is 2. The molecule has 0 spiro atoms. The van der Waals surface area contributed by atoms with E-state index in [1.165, 1.54) is 29.3 Å². The number of anilines is 1. The van der Waals surface area contributed by atoms with Crippen molar-refractivity contribution in [2.75, 3.05) is 5.01 Å². The van der Waals surface area contributed by atoms with Gasteiger partial charge in [0.1, 0.15) is 15.7 Å². The molecule has 0 heterocycles. The van der Waals surface area contributed by atoms with E-state index in [9.17, 15) is 12.8 Å². The molecule has 4 N–H and O–H groups in total. The van der Waals surface area contributed by atoms with Gasteiger partial charge in [-0.25, -0.2) is 23.8 Å². The summed E-state index contributed by atoms with van der Waals surface area (Å²) in [6.45, 7) is 1.89. The highest BCUT2D eigenvalue weighted by atomic mass is 127. The Hall–Kier alpha value is -1.56. The Morgan fingerprint density at radius 1 is 1.28 bits per heavy atom. The zero-order valence-corrected chi connectivity index (χ0v) is 16.4. The number of hydrazine groups is 1. The molecule has 0 aliphatic heterocycles. The van der Waals surface area contributed by atoms with E-state index >= 15 is 0 Å². The molecule has 0 bridgehead atoms. The maximum Gasteiger partial charge on any atom is 0.238 e. The third-order valence-corrected chi connectivity index (χ3v) is 4.51. The van der Waals surface area contributed by atoms with Gasteiger partial charge in [-0.1, -0.05) is 34.7 Å². The van der Waals surface area contributed by atoms with Gasteiger partial charge in [0.2, 0.25) is 10.0 Å². The maximum atomic E-state index is 13.4. The van der Waals surface area contributed by atoms with Crippen LogP contribution < -0.4 is 16.0 Å². The van der Waals surface area contributed by atoms with Crippen LogP contribution in [0.5, 0.6) is 0 Å². The average molecular weight is 476 g/mol. The quantitative estimate of drug-likeness (QED) is 0.132. The minimum atomic E-state index is -3.77. The van der Waals surface area contributed by atoms with Gasteiger partial charge in [-0.05, 0) is 48.9 Å².